The molecule has 0 aliphatic rings. The summed E-state index contributed by atoms with van der Waals surface area (Å²) in [6, 6.07) is 7.58. The zero-order valence-electron chi connectivity index (χ0n) is 17.6. The van der Waals surface area contributed by atoms with Gasteiger partial charge in [0, 0.05) is 36.4 Å². The van der Waals surface area contributed by atoms with Crippen LogP contribution in [0.3, 0.4) is 0 Å². The summed E-state index contributed by atoms with van der Waals surface area (Å²) in [7, 11) is 0. The number of hydrogen-bond acceptors (Lipinski definition) is 4. The molecular formula is C22H26ClF2N3O3. The molecule has 1 atom stereocenters. The van der Waals surface area contributed by atoms with Gasteiger partial charge in [-0.05, 0) is 36.8 Å². The first-order chi connectivity index (χ1) is 14.7. The average molecular weight is 454 g/mol. The fraction of sp³-hybridized carbons (Fsp3) is 0.409. The summed E-state index contributed by atoms with van der Waals surface area (Å²) in [4.78, 5) is 30.6. The van der Waals surface area contributed by atoms with Crippen molar-refractivity contribution in [2.24, 2.45) is 5.92 Å². The van der Waals surface area contributed by atoms with Crippen molar-refractivity contribution in [3.8, 4) is 5.75 Å². The highest BCUT2D eigenvalue weighted by molar-refractivity contribution is 6.31. The van der Waals surface area contributed by atoms with E-state index in [2.05, 4.69) is 10.3 Å². The number of rotatable bonds is 10. The topological polar surface area (TPSA) is 71.5 Å². The number of hydrogen-bond donors (Lipinski definition) is 1. The molecule has 168 valence electrons. The highest BCUT2D eigenvalue weighted by Gasteiger charge is 2.25. The van der Waals surface area contributed by atoms with Gasteiger partial charge in [-0.15, -0.1) is 0 Å². The Morgan fingerprint density at radius 2 is 1.97 bits per heavy atom. The maximum Gasteiger partial charge on any atom is 0.272 e. The van der Waals surface area contributed by atoms with E-state index in [1.54, 1.807) is 49.2 Å². The Balaban J connectivity index is 2.10. The molecule has 0 aliphatic heterocycles. The molecule has 9 heteroatoms. The van der Waals surface area contributed by atoms with Gasteiger partial charge >= 0.3 is 0 Å². The first-order valence-corrected chi connectivity index (χ1v) is 10.3. The van der Waals surface area contributed by atoms with E-state index in [1.807, 2.05) is 6.92 Å². The van der Waals surface area contributed by atoms with Crippen LogP contribution in [0.5, 0.6) is 5.75 Å². The molecule has 6 nitrogen and oxygen atoms in total. The largest absolute Gasteiger partial charge is 0.488 e. The zero-order chi connectivity index (χ0) is 23.0. The van der Waals surface area contributed by atoms with Crippen LogP contribution in [-0.4, -0.2) is 47.8 Å². The van der Waals surface area contributed by atoms with Crippen molar-refractivity contribution in [3.63, 3.8) is 0 Å². The number of benzene rings is 1. The summed E-state index contributed by atoms with van der Waals surface area (Å²) >= 11 is 6.35. The fourth-order valence-corrected chi connectivity index (χ4v) is 3.31. The van der Waals surface area contributed by atoms with E-state index >= 15 is 0 Å². The van der Waals surface area contributed by atoms with Crippen molar-refractivity contribution in [1.29, 1.82) is 0 Å². The number of nitrogens with zero attached hydrogens (tertiary/aromatic N) is 2. The van der Waals surface area contributed by atoms with Crippen LogP contribution in [0.2, 0.25) is 5.02 Å². The zero-order valence-corrected chi connectivity index (χ0v) is 18.4. The molecule has 1 N–H and O–H groups in total. The number of aromatic nitrogens is 1. The van der Waals surface area contributed by atoms with Crippen LogP contribution >= 0.6 is 11.6 Å². The van der Waals surface area contributed by atoms with Gasteiger partial charge in [-0.1, -0.05) is 31.5 Å². The molecule has 0 radical (unpaired) electrons. The van der Waals surface area contributed by atoms with E-state index in [1.165, 1.54) is 12.3 Å². The van der Waals surface area contributed by atoms with Gasteiger partial charge in [0.2, 0.25) is 5.91 Å². The Labute approximate surface area is 185 Å². The second-order valence-corrected chi connectivity index (χ2v) is 7.65. The van der Waals surface area contributed by atoms with Crippen LogP contribution in [-0.2, 0) is 4.79 Å². The maximum absolute atomic E-state index is 12.8. The van der Waals surface area contributed by atoms with Gasteiger partial charge in [0.05, 0.1) is 11.6 Å². The molecular weight excluding hydrogens is 428 g/mol. The predicted octanol–water partition coefficient (Wildman–Crippen LogP) is 4.35. The third-order valence-electron chi connectivity index (χ3n) is 4.60. The van der Waals surface area contributed by atoms with Gasteiger partial charge in [0.1, 0.15) is 12.4 Å². The minimum atomic E-state index is -2.58. The second-order valence-electron chi connectivity index (χ2n) is 7.25. The lowest BCUT2D eigenvalue weighted by atomic mass is 10.0. The molecule has 1 aromatic carbocycles. The van der Waals surface area contributed by atoms with Crippen molar-refractivity contribution < 1.29 is 23.1 Å². The summed E-state index contributed by atoms with van der Waals surface area (Å²) in [5.74, 6) is -0.413. The number of carbonyl (C=O) groups excluding carboxylic acids is 2. The number of nitrogens with one attached hydrogen (secondary N) is 1. The highest BCUT2D eigenvalue weighted by Crippen LogP contribution is 2.31. The lowest BCUT2D eigenvalue weighted by Crippen LogP contribution is -2.42. The number of ether oxygens (including phenoxy) is 1. The minimum Gasteiger partial charge on any atom is -0.488 e. The van der Waals surface area contributed by atoms with E-state index in [-0.39, 0.29) is 36.6 Å². The Morgan fingerprint density at radius 3 is 2.55 bits per heavy atom. The monoisotopic (exact) mass is 453 g/mol. The minimum absolute atomic E-state index is 0.0998. The Hall–Kier alpha value is -2.74. The maximum atomic E-state index is 12.8. The van der Waals surface area contributed by atoms with Gasteiger partial charge in [-0.3, -0.25) is 14.6 Å². The summed E-state index contributed by atoms with van der Waals surface area (Å²) in [6.45, 7) is 5.19. The van der Waals surface area contributed by atoms with Gasteiger partial charge in [-0.25, -0.2) is 8.78 Å². The van der Waals surface area contributed by atoms with Crippen LogP contribution in [0.15, 0.2) is 42.7 Å². The van der Waals surface area contributed by atoms with Crippen LogP contribution in [0, 0.1) is 5.92 Å². The van der Waals surface area contributed by atoms with Crippen molar-refractivity contribution >= 4 is 23.4 Å². The van der Waals surface area contributed by atoms with Crippen molar-refractivity contribution in [3.05, 3.63) is 58.9 Å². The summed E-state index contributed by atoms with van der Waals surface area (Å²) in [6.07, 6.45) is 0.458. The van der Waals surface area contributed by atoms with Crippen LogP contribution in [0.4, 0.5) is 8.78 Å². The SMILES string of the molecule is CC(C)C(=O)N(CCNC(=O)c1cccnc1)C(C)c1ccc(OCC(F)F)cc1Cl. The molecule has 31 heavy (non-hydrogen) atoms. The molecule has 2 rings (SSSR count). The van der Waals surface area contributed by atoms with Crippen molar-refractivity contribution in [2.45, 2.75) is 33.2 Å². The van der Waals surface area contributed by atoms with Crippen molar-refractivity contribution in [1.82, 2.24) is 15.2 Å². The number of carbonyl (C=O) groups is 2. The molecule has 1 aromatic heterocycles. The number of pyridine rings is 1. The van der Waals surface area contributed by atoms with Crippen LogP contribution in [0.25, 0.3) is 0 Å². The highest BCUT2D eigenvalue weighted by atomic mass is 35.5. The molecule has 0 fully saturated rings. The number of halogens is 3. The first-order valence-electron chi connectivity index (χ1n) is 9.89. The van der Waals surface area contributed by atoms with E-state index in [4.69, 9.17) is 16.3 Å². The normalized spacial score (nSPS) is 12.0. The summed E-state index contributed by atoms with van der Waals surface area (Å²) in [5.41, 5.74) is 1.08. The van der Waals surface area contributed by atoms with Crippen LogP contribution in [0.1, 0.15) is 42.7 Å². The molecule has 1 heterocycles. The van der Waals surface area contributed by atoms with Gasteiger partial charge < -0.3 is 15.0 Å². The Kier molecular flexibility index (Phi) is 9.18. The molecule has 0 saturated carbocycles. The van der Waals surface area contributed by atoms with E-state index in [9.17, 15) is 18.4 Å². The summed E-state index contributed by atoms with van der Waals surface area (Å²) < 4.78 is 29.7. The smallest absolute Gasteiger partial charge is 0.272 e. The van der Waals surface area contributed by atoms with Crippen molar-refractivity contribution in [2.75, 3.05) is 19.7 Å². The molecule has 0 aliphatic carbocycles. The second kappa shape index (κ2) is 11.6. The standard InChI is InChI=1S/C22H26ClF2N3O3/c1-14(2)22(30)28(10-9-27-21(29)16-5-4-8-26-12-16)15(3)18-7-6-17(11-19(18)23)31-13-20(24)25/h4-8,11-12,14-15,20H,9-10,13H2,1-3H3,(H,27,29). The van der Waals surface area contributed by atoms with E-state index in [0.29, 0.717) is 16.1 Å². The van der Waals surface area contributed by atoms with E-state index in [0.717, 1.165) is 0 Å². The Bertz CT molecular complexity index is 882. The molecule has 0 saturated heterocycles. The quantitative estimate of drug-likeness (QED) is 0.580. The predicted molar refractivity (Wildman–Crippen MR) is 114 cm³/mol. The van der Waals surface area contributed by atoms with Gasteiger partial charge in [0.15, 0.2) is 0 Å². The molecule has 0 spiro atoms. The molecule has 1 unspecified atom stereocenters. The first kappa shape index (κ1) is 24.5. The molecule has 0 bridgehead atoms. The third kappa shape index (κ3) is 7.17. The fourth-order valence-electron chi connectivity index (χ4n) is 2.98. The summed E-state index contributed by atoms with van der Waals surface area (Å²) in [5, 5.41) is 3.09. The average Bonchev–Trinajstić information content (AvgIpc) is 2.74. The lowest BCUT2D eigenvalue weighted by molar-refractivity contribution is -0.136. The third-order valence-corrected chi connectivity index (χ3v) is 4.93. The lowest BCUT2D eigenvalue weighted by Gasteiger charge is -2.32. The van der Waals surface area contributed by atoms with Gasteiger partial charge in [-0.2, -0.15) is 0 Å². The number of amides is 2. The molecule has 2 aromatic rings. The number of alkyl halides is 2. The van der Waals surface area contributed by atoms with Gasteiger partial charge in [0.25, 0.3) is 12.3 Å². The molecule has 2 amide bonds. The Morgan fingerprint density at radius 1 is 1.23 bits per heavy atom. The van der Waals surface area contributed by atoms with E-state index < -0.39 is 19.1 Å². The van der Waals surface area contributed by atoms with Crippen LogP contribution < -0.4 is 10.1 Å².